The Labute approximate surface area is 209 Å². The van der Waals surface area contributed by atoms with Gasteiger partial charge in [-0.05, 0) is 22.0 Å². The lowest BCUT2D eigenvalue weighted by molar-refractivity contribution is -0.388. The SMILES string of the molecule is COc1cc(OC)c(Cl)c(Nc2ncccc2-c2cc(Nc3c([N+](=O)[O-])ncn3C)ncn2)c1Cl. The van der Waals surface area contributed by atoms with Gasteiger partial charge in [-0.15, -0.1) is 0 Å². The number of nitro groups is 1. The highest BCUT2D eigenvalue weighted by Crippen LogP contribution is 2.45. The fraction of sp³-hybridized carbons (Fsp3) is 0.143. The van der Waals surface area contributed by atoms with Crippen molar-refractivity contribution in [1.82, 2.24) is 24.5 Å². The minimum atomic E-state index is -0.580. The summed E-state index contributed by atoms with van der Waals surface area (Å²) >= 11 is 13.0. The number of imidazole rings is 1. The van der Waals surface area contributed by atoms with Crippen molar-refractivity contribution in [3.05, 3.63) is 63.3 Å². The molecule has 0 atom stereocenters. The van der Waals surface area contributed by atoms with E-state index in [0.29, 0.717) is 40.1 Å². The van der Waals surface area contributed by atoms with Gasteiger partial charge in [-0.3, -0.25) is 4.57 Å². The molecular formula is C21H18Cl2N8O4. The van der Waals surface area contributed by atoms with Gasteiger partial charge >= 0.3 is 5.82 Å². The van der Waals surface area contributed by atoms with Crippen LogP contribution in [-0.4, -0.2) is 43.6 Å². The lowest BCUT2D eigenvalue weighted by atomic mass is 10.1. The number of aromatic nitrogens is 5. The second-order valence-electron chi connectivity index (χ2n) is 7.01. The molecule has 4 rings (SSSR count). The number of nitrogens with one attached hydrogen (secondary N) is 2. The average Bonchev–Trinajstić information content (AvgIpc) is 3.22. The Hall–Kier alpha value is -4.16. The number of anilines is 4. The first-order valence-electron chi connectivity index (χ1n) is 9.91. The van der Waals surface area contributed by atoms with Crippen LogP contribution in [-0.2, 0) is 7.05 Å². The summed E-state index contributed by atoms with van der Waals surface area (Å²) in [5.74, 6) is 1.27. The van der Waals surface area contributed by atoms with E-state index in [9.17, 15) is 10.1 Å². The molecule has 14 heteroatoms. The average molecular weight is 517 g/mol. The Morgan fingerprint density at radius 1 is 1.03 bits per heavy atom. The van der Waals surface area contributed by atoms with Crippen LogP contribution < -0.4 is 20.1 Å². The van der Waals surface area contributed by atoms with Gasteiger partial charge in [0.05, 0.1) is 25.6 Å². The molecule has 0 aliphatic rings. The van der Waals surface area contributed by atoms with Crippen LogP contribution in [0.5, 0.6) is 11.5 Å². The first-order valence-corrected chi connectivity index (χ1v) is 10.7. The summed E-state index contributed by atoms with van der Waals surface area (Å²) in [6.45, 7) is 0. The highest BCUT2D eigenvalue weighted by atomic mass is 35.5. The van der Waals surface area contributed by atoms with Crippen LogP contribution in [0.3, 0.4) is 0 Å². The predicted molar refractivity (Wildman–Crippen MR) is 131 cm³/mol. The molecule has 3 aromatic heterocycles. The lowest BCUT2D eigenvalue weighted by Gasteiger charge is -2.17. The fourth-order valence-electron chi connectivity index (χ4n) is 3.22. The number of nitrogens with zero attached hydrogens (tertiary/aromatic N) is 6. The molecule has 35 heavy (non-hydrogen) atoms. The molecular weight excluding hydrogens is 499 g/mol. The molecule has 0 radical (unpaired) electrons. The standard InChI is InChI=1S/C21H18Cl2N8O4/c1-30-10-27-20(31(32)33)21(30)28-15-7-12(25-9-26-15)11-5-4-6-24-19(11)29-18-16(22)13(34-2)8-14(35-3)17(18)23/h4-10H,1-3H3,(H,24,29)(H,25,26,28). The molecule has 0 aliphatic carbocycles. The van der Waals surface area contributed by atoms with Crippen LogP contribution in [0.4, 0.5) is 29.0 Å². The minimum Gasteiger partial charge on any atom is -0.495 e. The zero-order valence-electron chi connectivity index (χ0n) is 18.6. The number of aryl methyl sites for hydroxylation is 1. The van der Waals surface area contributed by atoms with Gasteiger partial charge in [0.1, 0.15) is 39.5 Å². The predicted octanol–water partition coefficient (Wildman–Crippen LogP) is 4.99. The van der Waals surface area contributed by atoms with Gasteiger partial charge in [0.25, 0.3) is 0 Å². The summed E-state index contributed by atoms with van der Waals surface area (Å²) in [6.07, 6.45) is 4.25. The Bertz CT molecular complexity index is 1380. The van der Waals surface area contributed by atoms with Crippen molar-refractivity contribution in [2.45, 2.75) is 0 Å². The highest BCUT2D eigenvalue weighted by molar-refractivity contribution is 6.41. The number of pyridine rings is 1. The van der Waals surface area contributed by atoms with Gasteiger partial charge in [0.2, 0.25) is 12.1 Å². The Morgan fingerprint density at radius 3 is 2.40 bits per heavy atom. The number of halogens is 2. The van der Waals surface area contributed by atoms with E-state index in [1.54, 1.807) is 37.5 Å². The molecule has 3 heterocycles. The van der Waals surface area contributed by atoms with Crippen molar-refractivity contribution in [3.8, 4) is 22.8 Å². The van der Waals surface area contributed by atoms with Gasteiger partial charge < -0.3 is 30.2 Å². The summed E-state index contributed by atoms with van der Waals surface area (Å²) in [7, 11) is 4.59. The molecule has 1 aromatic carbocycles. The van der Waals surface area contributed by atoms with Crippen molar-refractivity contribution in [2.75, 3.05) is 24.9 Å². The van der Waals surface area contributed by atoms with Crippen molar-refractivity contribution >= 4 is 52.2 Å². The van der Waals surface area contributed by atoms with E-state index >= 15 is 0 Å². The highest BCUT2D eigenvalue weighted by Gasteiger charge is 2.22. The molecule has 0 aliphatic heterocycles. The van der Waals surface area contributed by atoms with Crippen LogP contribution in [0.1, 0.15) is 0 Å². The summed E-state index contributed by atoms with van der Waals surface area (Å²) in [4.78, 5) is 27.4. The number of benzene rings is 1. The second kappa shape index (κ2) is 9.99. The summed E-state index contributed by atoms with van der Waals surface area (Å²) in [5.41, 5.74) is 1.40. The number of hydrogen-bond acceptors (Lipinski definition) is 10. The van der Waals surface area contributed by atoms with Gasteiger partial charge in [-0.25, -0.2) is 15.0 Å². The molecule has 0 saturated heterocycles. The largest absolute Gasteiger partial charge is 0.495 e. The summed E-state index contributed by atoms with van der Waals surface area (Å²) in [6, 6.07) is 6.72. The van der Waals surface area contributed by atoms with E-state index in [4.69, 9.17) is 32.7 Å². The maximum absolute atomic E-state index is 11.3. The molecule has 0 bridgehead atoms. The van der Waals surface area contributed by atoms with Crippen molar-refractivity contribution in [1.29, 1.82) is 0 Å². The van der Waals surface area contributed by atoms with Crippen LogP contribution in [0.2, 0.25) is 10.0 Å². The maximum atomic E-state index is 11.3. The van der Waals surface area contributed by atoms with Crippen LogP contribution in [0.25, 0.3) is 11.3 Å². The first kappa shape index (κ1) is 24.0. The van der Waals surface area contributed by atoms with Gasteiger partial charge in [-0.1, -0.05) is 23.2 Å². The second-order valence-corrected chi connectivity index (χ2v) is 7.76. The number of ether oxygens (including phenoxy) is 2. The molecule has 0 unspecified atom stereocenters. The van der Waals surface area contributed by atoms with E-state index < -0.39 is 4.92 Å². The quantitative estimate of drug-likeness (QED) is 0.242. The number of rotatable bonds is 8. The molecule has 0 amide bonds. The molecule has 12 nitrogen and oxygen atoms in total. The van der Waals surface area contributed by atoms with Crippen molar-refractivity contribution in [2.24, 2.45) is 7.05 Å². The van der Waals surface area contributed by atoms with Gasteiger partial charge in [0, 0.05) is 30.9 Å². The van der Waals surface area contributed by atoms with E-state index in [0.717, 1.165) is 0 Å². The zero-order chi connectivity index (χ0) is 25.1. The molecule has 180 valence electrons. The van der Waals surface area contributed by atoms with E-state index in [2.05, 4.69) is 30.6 Å². The first-order chi connectivity index (χ1) is 16.8. The molecule has 0 spiro atoms. The third-order valence-corrected chi connectivity index (χ3v) is 5.66. The van der Waals surface area contributed by atoms with E-state index in [1.165, 1.54) is 31.4 Å². The Balaban J connectivity index is 1.73. The number of hydrogen-bond donors (Lipinski definition) is 2. The lowest BCUT2D eigenvalue weighted by Crippen LogP contribution is -2.04. The third kappa shape index (κ3) is 4.74. The summed E-state index contributed by atoms with van der Waals surface area (Å²) < 4.78 is 12.1. The molecule has 0 saturated carbocycles. The zero-order valence-corrected chi connectivity index (χ0v) is 20.1. The normalized spacial score (nSPS) is 10.7. The summed E-state index contributed by atoms with van der Waals surface area (Å²) in [5, 5.41) is 17.8. The monoisotopic (exact) mass is 516 g/mol. The fourth-order valence-corrected chi connectivity index (χ4v) is 3.81. The minimum absolute atomic E-state index is 0.172. The van der Waals surface area contributed by atoms with Crippen molar-refractivity contribution < 1.29 is 14.4 Å². The third-order valence-electron chi connectivity index (χ3n) is 4.90. The molecule has 2 N–H and O–H groups in total. The van der Waals surface area contributed by atoms with E-state index in [1.807, 2.05) is 0 Å². The Morgan fingerprint density at radius 2 is 1.74 bits per heavy atom. The maximum Gasteiger partial charge on any atom is 0.406 e. The number of methoxy groups -OCH3 is 2. The molecule has 0 fully saturated rings. The molecule has 4 aromatic rings. The smallest absolute Gasteiger partial charge is 0.406 e. The van der Waals surface area contributed by atoms with Crippen LogP contribution in [0, 0.1) is 10.1 Å². The van der Waals surface area contributed by atoms with E-state index in [-0.39, 0.29) is 21.7 Å². The topological polar surface area (TPSA) is 142 Å². The van der Waals surface area contributed by atoms with Crippen LogP contribution in [0.15, 0.2) is 43.1 Å². The van der Waals surface area contributed by atoms with Crippen LogP contribution >= 0.6 is 23.2 Å². The van der Waals surface area contributed by atoms with Crippen molar-refractivity contribution in [3.63, 3.8) is 0 Å². The van der Waals surface area contributed by atoms with Gasteiger partial charge in [0.15, 0.2) is 0 Å². The van der Waals surface area contributed by atoms with Gasteiger partial charge in [-0.2, -0.15) is 0 Å². The Kier molecular flexibility index (Phi) is 6.85.